The van der Waals surface area contributed by atoms with Crippen LogP contribution < -0.4 is 10.6 Å². The summed E-state index contributed by atoms with van der Waals surface area (Å²) in [5.41, 5.74) is 0. The Morgan fingerprint density at radius 1 is 1.47 bits per heavy atom. The van der Waals surface area contributed by atoms with Gasteiger partial charge in [0.25, 0.3) is 0 Å². The van der Waals surface area contributed by atoms with Crippen molar-refractivity contribution in [1.29, 1.82) is 0 Å². The van der Waals surface area contributed by atoms with Crippen LogP contribution in [0.3, 0.4) is 0 Å². The molecule has 2 aliphatic heterocycles. The van der Waals surface area contributed by atoms with Gasteiger partial charge in [0.1, 0.15) is 0 Å². The van der Waals surface area contributed by atoms with Crippen molar-refractivity contribution in [2.24, 2.45) is 11.8 Å². The first-order valence-corrected chi connectivity index (χ1v) is 7.42. The molecular weight excluding hydrogens is 242 g/mol. The van der Waals surface area contributed by atoms with Crippen LogP contribution in [0.4, 0.5) is 0 Å². The molecule has 108 valence electrons. The highest BCUT2D eigenvalue weighted by molar-refractivity contribution is 5.83. The zero-order chi connectivity index (χ0) is 13.7. The Hall–Kier alpha value is -1.10. The highest BCUT2D eigenvalue weighted by atomic mass is 16.2. The molecule has 0 spiro atoms. The van der Waals surface area contributed by atoms with E-state index in [2.05, 4.69) is 22.5 Å². The van der Waals surface area contributed by atoms with Crippen molar-refractivity contribution in [2.45, 2.75) is 32.6 Å². The van der Waals surface area contributed by atoms with Crippen molar-refractivity contribution in [3.8, 4) is 0 Å². The number of carbonyl (C=O) groups is 2. The average molecular weight is 267 g/mol. The largest absolute Gasteiger partial charge is 0.355 e. The summed E-state index contributed by atoms with van der Waals surface area (Å²) < 4.78 is 0. The first kappa shape index (κ1) is 14.3. The minimum atomic E-state index is -0.0447. The Balaban J connectivity index is 1.63. The van der Waals surface area contributed by atoms with E-state index in [1.807, 2.05) is 0 Å². The van der Waals surface area contributed by atoms with E-state index in [1.54, 1.807) is 0 Å². The zero-order valence-electron chi connectivity index (χ0n) is 11.8. The Bertz CT molecular complexity index is 317. The van der Waals surface area contributed by atoms with E-state index in [-0.39, 0.29) is 17.7 Å². The number of piperidine rings is 1. The quantitative estimate of drug-likeness (QED) is 0.756. The molecule has 5 nitrogen and oxygen atoms in total. The van der Waals surface area contributed by atoms with Crippen molar-refractivity contribution in [3.05, 3.63) is 0 Å². The standard InChI is InChI=1S/C14H25N3O2/c1-11(10-17-6-2-3-7-17)8-16-14(19)12-4-5-13(18)15-9-12/h11-12H,2-10H2,1H3,(H,15,18)(H,16,19). The number of hydrogen-bond donors (Lipinski definition) is 2. The van der Waals surface area contributed by atoms with Gasteiger partial charge in [-0.05, 0) is 38.3 Å². The summed E-state index contributed by atoms with van der Waals surface area (Å²) in [5, 5.41) is 5.78. The smallest absolute Gasteiger partial charge is 0.224 e. The van der Waals surface area contributed by atoms with E-state index in [0.717, 1.165) is 13.1 Å². The number of amides is 2. The molecule has 0 aromatic heterocycles. The van der Waals surface area contributed by atoms with Gasteiger partial charge in [0.05, 0.1) is 5.92 Å². The lowest BCUT2D eigenvalue weighted by Gasteiger charge is -2.24. The molecule has 2 rings (SSSR count). The molecule has 0 radical (unpaired) electrons. The molecule has 5 heteroatoms. The Morgan fingerprint density at radius 3 is 2.84 bits per heavy atom. The van der Waals surface area contributed by atoms with Gasteiger partial charge in [-0.3, -0.25) is 9.59 Å². The molecule has 0 aromatic rings. The highest BCUT2D eigenvalue weighted by Gasteiger charge is 2.24. The molecule has 0 aromatic carbocycles. The summed E-state index contributed by atoms with van der Waals surface area (Å²) in [6.07, 6.45) is 3.77. The number of hydrogen-bond acceptors (Lipinski definition) is 3. The maximum absolute atomic E-state index is 12.0. The summed E-state index contributed by atoms with van der Waals surface area (Å²) in [7, 11) is 0. The first-order valence-electron chi connectivity index (χ1n) is 7.42. The van der Waals surface area contributed by atoms with Crippen LogP contribution in [-0.4, -0.2) is 49.4 Å². The van der Waals surface area contributed by atoms with Gasteiger partial charge < -0.3 is 15.5 Å². The van der Waals surface area contributed by atoms with Gasteiger partial charge in [0.2, 0.25) is 11.8 Å². The monoisotopic (exact) mass is 267 g/mol. The minimum absolute atomic E-state index is 0.0447. The third kappa shape index (κ3) is 4.49. The van der Waals surface area contributed by atoms with Gasteiger partial charge in [-0.2, -0.15) is 0 Å². The van der Waals surface area contributed by atoms with Crippen LogP contribution in [0.2, 0.25) is 0 Å². The summed E-state index contributed by atoms with van der Waals surface area (Å²) in [6, 6.07) is 0. The van der Waals surface area contributed by atoms with Crippen LogP contribution >= 0.6 is 0 Å². The Morgan fingerprint density at radius 2 is 2.21 bits per heavy atom. The second-order valence-corrected chi connectivity index (χ2v) is 5.90. The van der Waals surface area contributed by atoms with Crippen LogP contribution in [0.1, 0.15) is 32.6 Å². The van der Waals surface area contributed by atoms with Crippen molar-refractivity contribution >= 4 is 11.8 Å². The normalized spacial score (nSPS) is 25.9. The predicted octanol–water partition coefficient (Wildman–Crippen LogP) is 0.361. The summed E-state index contributed by atoms with van der Waals surface area (Å²) in [5.74, 6) is 0.594. The molecular formula is C14H25N3O2. The van der Waals surface area contributed by atoms with Crippen LogP contribution in [0.25, 0.3) is 0 Å². The fourth-order valence-electron chi connectivity index (χ4n) is 2.85. The van der Waals surface area contributed by atoms with Crippen LogP contribution in [-0.2, 0) is 9.59 Å². The van der Waals surface area contributed by atoms with Gasteiger partial charge in [-0.1, -0.05) is 6.92 Å². The molecule has 2 amide bonds. The lowest BCUT2D eigenvalue weighted by molar-refractivity contribution is -0.129. The molecule has 2 N–H and O–H groups in total. The average Bonchev–Trinajstić information content (AvgIpc) is 2.89. The van der Waals surface area contributed by atoms with Crippen LogP contribution in [0.15, 0.2) is 0 Å². The second-order valence-electron chi connectivity index (χ2n) is 5.90. The van der Waals surface area contributed by atoms with Gasteiger partial charge in [-0.15, -0.1) is 0 Å². The molecule has 2 heterocycles. The van der Waals surface area contributed by atoms with E-state index in [0.29, 0.717) is 25.3 Å². The number of rotatable bonds is 5. The molecule has 19 heavy (non-hydrogen) atoms. The minimum Gasteiger partial charge on any atom is -0.355 e. The summed E-state index contributed by atoms with van der Waals surface area (Å²) >= 11 is 0. The summed E-state index contributed by atoms with van der Waals surface area (Å²) in [6.45, 7) is 6.88. The van der Waals surface area contributed by atoms with Crippen LogP contribution in [0.5, 0.6) is 0 Å². The summed E-state index contributed by atoms with van der Waals surface area (Å²) in [4.78, 5) is 25.5. The fourth-order valence-corrected chi connectivity index (χ4v) is 2.85. The molecule has 0 bridgehead atoms. The van der Waals surface area contributed by atoms with E-state index in [1.165, 1.54) is 25.9 Å². The van der Waals surface area contributed by atoms with Gasteiger partial charge in [0.15, 0.2) is 0 Å². The molecule has 2 fully saturated rings. The molecule has 0 aliphatic carbocycles. The highest BCUT2D eigenvalue weighted by Crippen LogP contribution is 2.12. The number of nitrogens with one attached hydrogen (secondary N) is 2. The topological polar surface area (TPSA) is 61.4 Å². The van der Waals surface area contributed by atoms with Gasteiger partial charge in [0, 0.05) is 26.1 Å². The van der Waals surface area contributed by atoms with Gasteiger partial charge >= 0.3 is 0 Å². The maximum atomic E-state index is 12.0. The molecule has 2 aliphatic rings. The third-order valence-corrected chi connectivity index (χ3v) is 4.03. The van der Waals surface area contributed by atoms with E-state index >= 15 is 0 Å². The molecule has 2 saturated heterocycles. The maximum Gasteiger partial charge on any atom is 0.224 e. The van der Waals surface area contributed by atoms with E-state index < -0.39 is 0 Å². The van der Waals surface area contributed by atoms with Gasteiger partial charge in [-0.25, -0.2) is 0 Å². The van der Waals surface area contributed by atoms with Crippen molar-refractivity contribution in [2.75, 3.05) is 32.7 Å². The fraction of sp³-hybridized carbons (Fsp3) is 0.857. The lowest BCUT2D eigenvalue weighted by atomic mass is 9.98. The van der Waals surface area contributed by atoms with Crippen LogP contribution in [0, 0.1) is 11.8 Å². The SMILES string of the molecule is CC(CNC(=O)C1CCC(=O)NC1)CN1CCCC1. The molecule has 2 unspecified atom stereocenters. The van der Waals surface area contributed by atoms with E-state index in [4.69, 9.17) is 0 Å². The number of carbonyl (C=O) groups excluding carboxylic acids is 2. The Kier molecular flexibility index (Phi) is 5.19. The van der Waals surface area contributed by atoms with Crippen molar-refractivity contribution in [3.63, 3.8) is 0 Å². The first-order chi connectivity index (χ1) is 9.15. The number of likely N-dealkylation sites (tertiary alicyclic amines) is 1. The zero-order valence-corrected chi connectivity index (χ0v) is 11.8. The Labute approximate surface area is 115 Å². The molecule has 2 atom stereocenters. The third-order valence-electron chi connectivity index (χ3n) is 4.03. The predicted molar refractivity (Wildman–Crippen MR) is 73.6 cm³/mol. The van der Waals surface area contributed by atoms with E-state index in [9.17, 15) is 9.59 Å². The lowest BCUT2D eigenvalue weighted by Crippen LogP contribution is -2.44. The molecule has 0 saturated carbocycles. The second kappa shape index (κ2) is 6.89. The van der Waals surface area contributed by atoms with Crippen molar-refractivity contribution < 1.29 is 9.59 Å². The van der Waals surface area contributed by atoms with Crippen molar-refractivity contribution in [1.82, 2.24) is 15.5 Å². The number of nitrogens with zero attached hydrogens (tertiary/aromatic N) is 1.